The van der Waals surface area contributed by atoms with E-state index in [2.05, 4.69) is 5.32 Å². The number of furan rings is 1. The first-order valence-corrected chi connectivity index (χ1v) is 7.72. The van der Waals surface area contributed by atoms with Crippen molar-refractivity contribution in [2.45, 2.75) is 0 Å². The van der Waals surface area contributed by atoms with Crippen LogP contribution in [-0.2, 0) is 9.53 Å². The molecule has 1 N–H and O–H groups in total. The summed E-state index contributed by atoms with van der Waals surface area (Å²) in [7, 11) is 0. The number of nitrogens with one attached hydrogen (secondary N) is 1. The van der Waals surface area contributed by atoms with Gasteiger partial charge in [0.05, 0.1) is 19.5 Å². The van der Waals surface area contributed by atoms with Crippen LogP contribution in [0.4, 0.5) is 0 Å². The van der Waals surface area contributed by atoms with Gasteiger partial charge in [-0.1, -0.05) is 18.2 Å². The first-order chi connectivity index (χ1) is 11.7. The average Bonchev–Trinajstić information content (AvgIpc) is 3.15. The maximum atomic E-state index is 12.7. The maximum Gasteiger partial charge on any atom is 0.270 e. The molecule has 2 heterocycles. The monoisotopic (exact) mass is 326 g/mol. The Labute approximate surface area is 139 Å². The highest BCUT2D eigenvalue weighted by molar-refractivity contribution is 6.05. The van der Waals surface area contributed by atoms with Gasteiger partial charge in [-0.2, -0.15) is 0 Å². The zero-order chi connectivity index (χ0) is 16.8. The van der Waals surface area contributed by atoms with Crippen LogP contribution >= 0.6 is 0 Å². The highest BCUT2D eigenvalue weighted by Gasteiger charge is 2.22. The Morgan fingerprint density at radius 1 is 1.04 bits per heavy atom. The number of nitrogens with zero attached hydrogens (tertiary/aromatic N) is 1. The van der Waals surface area contributed by atoms with Crippen molar-refractivity contribution in [3.05, 3.63) is 65.7 Å². The van der Waals surface area contributed by atoms with Crippen molar-refractivity contribution in [3.8, 4) is 0 Å². The third-order valence-electron chi connectivity index (χ3n) is 3.64. The maximum absolute atomic E-state index is 12.7. The van der Waals surface area contributed by atoms with Gasteiger partial charge >= 0.3 is 0 Å². The molecule has 6 heteroatoms. The molecule has 124 valence electrons. The molecule has 24 heavy (non-hydrogen) atoms. The average molecular weight is 326 g/mol. The van der Waals surface area contributed by atoms with Crippen molar-refractivity contribution >= 4 is 17.9 Å². The Kier molecular flexibility index (Phi) is 5.08. The number of benzene rings is 1. The summed E-state index contributed by atoms with van der Waals surface area (Å²) in [6.45, 7) is 1.98. The van der Waals surface area contributed by atoms with Gasteiger partial charge in [0, 0.05) is 24.7 Å². The number of rotatable bonds is 4. The van der Waals surface area contributed by atoms with E-state index in [1.807, 2.05) is 6.07 Å². The highest BCUT2D eigenvalue weighted by atomic mass is 16.5. The number of morpholine rings is 1. The first kappa shape index (κ1) is 16.0. The van der Waals surface area contributed by atoms with E-state index in [-0.39, 0.29) is 17.5 Å². The number of carbonyl (C=O) groups excluding carboxylic acids is 2. The molecule has 2 aromatic rings. The van der Waals surface area contributed by atoms with E-state index >= 15 is 0 Å². The predicted octanol–water partition coefficient (Wildman–Crippen LogP) is 1.91. The van der Waals surface area contributed by atoms with Crippen LogP contribution in [0.2, 0.25) is 0 Å². The summed E-state index contributed by atoms with van der Waals surface area (Å²) in [5, 5.41) is 2.70. The van der Waals surface area contributed by atoms with Crippen LogP contribution < -0.4 is 5.32 Å². The number of ether oxygens (including phenoxy) is 1. The Morgan fingerprint density at radius 3 is 2.46 bits per heavy atom. The smallest absolute Gasteiger partial charge is 0.270 e. The topological polar surface area (TPSA) is 71.8 Å². The fourth-order valence-corrected chi connectivity index (χ4v) is 2.39. The van der Waals surface area contributed by atoms with E-state index in [1.165, 1.54) is 6.26 Å². The van der Waals surface area contributed by atoms with Gasteiger partial charge in [-0.3, -0.25) is 9.59 Å². The van der Waals surface area contributed by atoms with E-state index in [4.69, 9.17) is 9.15 Å². The molecule has 1 aromatic carbocycles. The molecule has 6 nitrogen and oxygen atoms in total. The minimum Gasteiger partial charge on any atom is -0.465 e. The molecule has 0 unspecified atom stereocenters. The second-order valence-corrected chi connectivity index (χ2v) is 5.30. The van der Waals surface area contributed by atoms with Crippen molar-refractivity contribution in [1.82, 2.24) is 10.2 Å². The van der Waals surface area contributed by atoms with Crippen molar-refractivity contribution < 1.29 is 18.7 Å². The number of hydrogen-bond donors (Lipinski definition) is 1. The molecular weight excluding hydrogens is 308 g/mol. The molecule has 1 aliphatic rings. The van der Waals surface area contributed by atoms with Crippen molar-refractivity contribution in [1.29, 1.82) is 0 Å². The van der Waals surface area contributed by atoms with E-state index < -0.39 is 0 Å². The van der Waals surface area contributed by atoms with Crippen LogP contribution in [0, 0.1) is 0 Å². The third-order valence-corrected chi connectivity index (χ3v) is 3.64. The third kappa shape index (κ3) is 3.91. The summed E-state index contributed by atoms with van der Waals surface area (Å²) in [5.41, 5.74) is 0.665. The summed E-state index contributed by atoms with van der Waals surface area (Å²) in [6.07, 6.45) is 3.06. The largest absolute Gasteiger partial charge is 0.465 e. The van der Waals surface area contributed by atoms with E-state index in [0.717, 1.165) is 0 Å². The fraction of sp³-hybridized carbons (Fsp3) is 0.222. The van der Waals surface area contributed by atoms with Crippen LogP contribution in [0.15, 0.2) is 58.8 Å². The van der Waals surface area contributed by atoms with Crippen molar-refractivity contribution in [2.75, 3.05) is 26.3 Å². The Hall–Kier alpha value is -2.86. The number of carbonyl (C=O) groups is 2. The molecule has 0 bridgehead atoms. The van der Waals surface area contributed by atoms with Crippen LogP contribution in [0.3, 0.4) is 0 Å². The van der Waals surface area contributed by atoms with Gasteiger partial charge in [-0.05, 0) is 24.3 Å². The van der Waals surface area contributed by atoms with Crippen LogP contribution in [0.25, 0.3) is 6.08 Å². The molecule has 1 aliphatic heterocycles. The Bertz CT molecular complexity index is 717. The van der Waals surface area contributed by atoms with Crippen LogP contribution in [-0.4, -0.2) is 43.0 Å². The molecule has 1 saturated heterocycles. The van der Waals surface area contributed by atoms with Crippen LogP contribution in [0.5, 0.6) is 0 Å². The zero-order valence-corrected chi connectivity index (χ0v) is 13.1. The standard InChI is InChI=1S/C18H18N2O4/c21-17(14-5-2-1-3-6-14)19-16(13-15-7-4-10-24-15)18(22)20-8-11-23-12-9-20/h1-7,10,13H,8-9,11-12H2,(H,19,21)/b16-13+. The van der Waals surface area contributed by atoms with Gasteiger partial charge in [-0.15, -0.1) is 0 Å². The molecule has 0 radical (unpaired) electrons. The molecule has 2 amide bonds. The van der Waals surface area contributed by atoms with Gasteiger partial charge in [0.1, 0.15) is 11.5 Å². The molecule has 0 spiro atoms. The Morgan fingerprint density at radius 2 is 1.79 bits per heavy atom. The van der Waals surface area contributed by atoms with Crippen molar-refractivity contribution in [3.63, 3.8) is 0 Å². The van der Waals surface area contributed by atoms with Gasteiger partial charge in [0.25, 0.3) is 11.8 Å². The van der Waals surface area contributed by atoms with Gasteiger partial charge in [0.15, 0.2) is 0 Å². The Balaban J connectivity index is 1.82. The molecule has 0 aliphatic carbocycles. The first-order valence-electron chi connectivity index (χ1n) is 7.72. The molecule has 3 rings (SSSR count). The van der Waals surface area contributed by atoms with E-state index in [0.29, 0.717) is 37.6 Å². The molecule has 0 saturated carbocycles. The molecule has 1 aromatic heterocycles. The van der Waals surface area contributed by atoms with Gasteiger partial charge in [-0.25, -0.2) is 0 Å². The van der Waals surface area contributed by atoms with E-state index in [1.54, 1.807) is 47.4 Å². The summed E-state index contributed by atoms with van der Waals surface area (Å²) in [4.78, 5) is 26.8. The lowest BCUT2D eigenvalue weighted by atomic mass is 10.2. The van der Waals surface area contributed by atoms with Gasteiger partial charge in [0.2, 0.25) is 0 Å². The number of hydrogen-bond acceptors (Lipinski definition) is 4. The lowest BCUT2D eigenvalue weighted by molar-refractivity contribution is -0.131. The fourth-order valence-electron chi connectivity index (χ4n) is 2.39. The quantitative estimate of drug-likeness (QED) is 0.871. The summed E-state index contributed by atoms with van der Waals surface area (Å²) < 4.78 is 10.5. The predicted molar refractivity (Wildman–Crippen MR) is 88.0 cm³/mol. The molecule has 1 fully saturated rings. The lowest BCUT2D eigenvalue weighted by Crippen LogP contribution is -2.44. The minimum atomic E-state index is -0.338. The molecular formula is C18H18N2O4. The van der Waals surface area contributed by atoms with Crippen LogP contribution in [0.1, 0.15) is 16.1 Å². The summed E-state index contributed by atoms with van der Waals surface area (Å²) >= 11 is 0. The highest BCUT2D eigenvalue weighted by Crippen LogP contribution is 2.11. The van der Waals surface area contributed by atoms with E-state index in [9.17, 15) is 9.59 Å². The minimum absolute atomic E-state index is 0.181. The molecule has 0 atom stereocenters. The SMILES string of the molecule is O=C(N/C(=C/c1ccco1)C(=O)N1CCOCC1)c1ccccc1. The summed E-state index contributed by atoms with van der Waals surface area (Å²) in [6, 6.07) is 12.2. The zero-order valence-electron chi connectivity index (χ0n) is 13.1. The normalized spacial score (nSPS) is 15.2. The summed E-state index contributed by atoms with van der Waals surface area (Å²) in [5.74, 6) is -0.0889. The number of amides is 2. The second kappa shape index (κ2) is 7.61. The van der Waals surface area contributed by atoms with Crippen molar-refractivity contribution in [2.24, 2.45) is 0 Å². The van der Waals surface area contributed by atoms with Gasteiger partial charge < -0.3 is 19.4 Å². The second-order valence-electron chi connectivity index (χ2n) is 5.30. The lowest BCUT2D eigenvalue weighted by Gasteiger charge is -2.27.